The Morgan fingerprint density at radius 1 is 1.05 bits per heavy atom. The highest BCUT2D eigenvalue weighted by atomic mass is 35.5. The second kappa shape index (κ2) is 10.4. The molecule has 4 aromatic rings. The molecule has 3 heterocycles. The SMILES string of the molecule is CC(C)(C)c1cc(NC(=O)Nc2cc(Oc3cncc(Cl)c3)ccc2F)n(-c2ccc3c(c2)CCNC3)n1. The van der Waals surface area contributed by atoms with Gasteiger partial charge in [-0.2, -0.15) is 5.10 Å². The van der Waals surface area contributed by atoms with E-state index < -0.39 is 11.8 Å². The van der Waals surface area contributed by atoms with E-state index in [-0.39, 0.29) is 11.1 Å². The van der Waals surface area contributed by atoms with Crippen LogP contribution in [-0.4, -0.2) is 27.3 Å². The van der Waals surface area contributed by atoms with Crippen LogP contribution in [0.2, 0.25) is 5.02 Å². The second-order valence-electron chi connectivity index (χ2n) is 10.1. The minimum absolute atomic E-state index is 0.0432. The van der Waals surface area contributed by atoms with Crippen molar-refractivity contribution in [3.8, 4) is 17.2 Å². The first-order chi connectivity index (χ1) is 18.2. The van der Waals surface area contributed by atoms with Gasteiger partial charge >= 0.3 is 6.03 Å². The number of anilines is 2. The Kier molecular flexibility index (Phi) is 7.05. The molecule has 0 saturated carbocycles. The Morgan fingerprint density at radius 3 is 2.68 bits per heavy atom. The van der Waals surface area contributed by atoms with Gasteiger partial charge in [0, 0.05) is 36.4 Å². The van der Waals surface area contributed by atoms with E-state index in [1.807, 2.05) is 12.1 Å². The van der Waals surface area contributed by atoms with Gasteiger partial charge in [-0.1, -0.05) is 38.4 Å². The summed E-state index contributed by atoms with van der Waals surface area (Å²) in [6.07, 6.45) is 3.89. The van der Waals surface area contributed by atoms with Crippen LogP contribution in [0, 0.1) is 5.82 Å². The van der Waals surface area contributed by atoms with Crippen LogP contribution in [0.25, 0.3) is 5.69 Å². The van der Waals surface area contributed by atoms with Gasteiger partial charge in [0.2, 0.25) is 0 Å². The fourth-order valence-corrected chi connectivity index (χ4v) is 4.31. The maximum atomic E-state index is 14.6. The van der Waals surface area contributed by atoms with Gasteiger partial charge in [0.1, 0.15) is 23.1 Å². The molecule has 10 heteroatoms. The number of ether oxygens (including phenoxy) is 1. The first-order valence-corrected chi connectivity index (χ1v) is 12.6. The monoisotopic (exact) mass is 534 g/mol. The zero-order valence-corrected chi connectivity index (χ0v) is 22.1. The summed E-state index contributed by atoms with van der Waals surface area (Å²) in [7, 11) is 0. The molecule has 5 rings (SSSR count). The normalized spacial score (nSPS) is 13.1. The summed E-state index contributed by atoms with van der Waals surface area (Å²) in [5.74, 6) is 0.566. The summed E-state index contributed by atoms with van der Waals surface area (Å²) in [5.41, 5.74) is 3.86. The van der Waals surface area contributed by atoms with Crippen LogP contribution in [0.5, 0.6) is 11.5 Å². The van der Waals surface area contributed by atoms with Gasteiger partial charge in [-0.05, 0) is 48.4 Å². The van der Waals surface area contributed by atoms with Gasteiger partial charge in [-0.3, -0.25) is 10.3 Å². The summed E-state index contributed by atoms with van der Waals surface area (Å²) in [6, 6.07) is 13.0. The van der Waals surface area contributed by atoms with Crippen molar-refractivity contribution in [2.45, 2.75) is 39.2 Å². The van der Waals surface area contributed by atoms with Crippen LogP contribution < -0.4 is 20.7 Å². The molecule has 0 fully saturated rings. The minimum atomic E-state index is -0.616. The Labute approximate surface area is 225 Å². The highest BCUT2D eigenvalue weighted by Gasteiger charge is 2.22. The molecule has 8 nitrogen and oxygen atoms in total. The van der Waals surface area contributed by atoms with Crippen molar-refractivity contribution in [2.24, 2.45) is 0 Å². The molecule has 0 radical (unpaired) electrons. The zero-order valence-electron chi connectivity index (χ0n) is 21.3. The maximum Gasteiger partial charge on any atom is 0.324 e. The van der Waals surface area contributed by atoms with Gasteiger partial charge in [0.15, 0.2) is 0 Å². The molecule has 0 aliphatic carbocycles. The molecule has 1 aliphatic rings. The number of nitrogens with zero attached hydrogens (tertiary/aromatic N) is 3. The van der Waals surface area contributed by atoms with Crippen molar-refractivity contribution in [1.82, 2.24) is 20.1 Å². The molecule has 2 aromatic heterocycles. The standard InChI is InChI=1S/C28H28ClFN6O2/c1-28(2,3)25-13-26(36(35-25)20-5-4-18-14-31-9-8-17(18)10-20)34-27(37)33-24-12-21(6-7-23(24)30)38-22-11-19(29)15-32-16-22/h4-7,10-13,15-16,31H,8-9,14H2,1-3H3,(H2,33,34,37). The Balaban J connectivity index is 1.39. The lowest BCUT2D eigenvalue weighted by atomic mass is 9.92. The summed E-state index contributed by atoms with van der Waals surface area (Å²) in [6.45, 7) is 7.91. The van der Waals surface area contributed by atoms with E-state index in [2.05, 4.69) is 53.8 Å². The van der Waals surface area contributed by atoms with E-state index in [0.717, 1.165) is 30.9 Å². The number of hydrogen-bond donors (Lipinski definition) is 3. The second-order valence-corrected chi connectivity index (χ2v) is 10.6. The Hall–Kier alpha value is -3.95. The number of aromatic nitrogens is 3. The molecule has 0 unspecified atom stereocenters. The van der Waals surface area contributed by atoms with Crippen LogP contribution in [0.3, 0.4) is 0 Å². The number of amides is 2. The van der Waals surface area contributed by atoms with Gasteiger partial charge in [0.25, 0.3) is 0 Å². The molecular formula is C28H28ClFN6O2. The summed E-state index contributed by atoms with van der Waals surface area (Å²) in [5, 5.41) is 14.0. The fraction of sp³-hybridized carbons (Fsp3) is 0.250. The molecule has 196 valence electrons. The van der Waals surface area contributed by atoms with Crippen molar-refractivity contribution in [3.05, 3.63) is 88.6 Å². The molecule has 38 heavy (non-hydrogen) atoms. The summed E-state index contributed by atoms with van der Waals surface area (Å²) >= 11 is 5.96. The van der Waals surface area contributed by atoms with Crippen molar-refractivity contribution < 1.29 is 13.9 Å². The molecule has 0 spiro atoms. The number of benzene rings is 2. The molecule has 0 bridgehead atoms. The highest BCUT2D eigenvalue weighted by molar-refractivity contribution is 6.30. The molecule has 2 aromatic carbocycles. The smallest absolute Gasteiger partial charge is 0.324 e. The molecule has 0 saturated heterocycles. The van der Waals surface area contributed by atoms with Crippen LogP contribution in [0.1, 0.15) is 37.6 Å². The van der Waals surface area contributed by atoms with E-state index in [0.29, 0.717) is 22.3 Å². The summed E-state index contributed by atoms with van der Waals surface area (Å²) in [4.78, 5) is 17.0. The average molecular weight is 535 g/mol. The zero-order chi connectivity index (χ0) is 26.9. The topological polar surface area (TPSA) is 93.1 Å². The van der Waals surface area contributed by atoms with Crippen LogP contribution >= 0.6 is 11.6 Å². The van der Waals surface area contributed by atoms with Gasteiger partial charge in [0.05, 0.1) is 28.3 Å². The lowest BCUT2D eigenvalue weighted by Crippen LogP contribution is -2.24. The summed E-state index contributed by atoms with van der Waals surface area (Å²) < 4.78 is 22.0. The third kappa shape index (κ3) is 5.79. The van der Waals surface area contributed by atoms with E-state index in [9.17, 15) is 9.18 Å². The third-order valence-electron chi connectivity index (χ3n) is 6.14. The van der Waals surface area contributed by atoms with Crippen molar-refractivity contribution in [3.63, 3.8) is 0 Å². The number of fused-ring (bicyclic) bond motifs is 1. The number of urea groups is 1. The van der Waals surface area contributed by atoms with E-state index >= 15 is 0 Å². The van der Waals surface area contributed by atoms with E-state index in [4.69, 9.17) is 21.4 Å². The average Bonchev–Trinajstić information content (AvgIpc) is 3.30. The van der Waals surface area contributed by atoms with Gasteiger partial charge < -0.3 is 15.4 Å². The molecule has 2 amide bonds. The number of carbonyl (C=O) groups excluding carboxylic acids is 1. The number of hydrogen-bond acceptors (Lipinski definition) is 5. The molecule has 3 N–H and O–H groups in total. The minimum Gasteiger partial charge on any atom is -0.456 e. The quantitative estimate of drug-likeness (QED) is 0.274. The molecule has 1 aliphatic heterocycles. The number of rotatable bonds is 5. The van der Waals surface area contributed by atoms with Crippen LogP contribution in [0.15, 0.2) is 60.9 Å². The molecule has 0 atom stereocenters. The maximum absolute atomic E-state index is 14.6. The van der Waals surface area contributed by atoms with Crippen LogP contribution in [0.4, 0.5) is 20.7 Å². The first-order valence-electron chi connectivity index (χ1n) is 12.2. The lowest BCUT2D eigenvalue weighted by Gasteiger charge is -2.18. The number of nitrogens with one attached hydrogen (secondary N) is 3. The largest absolute Gasteiger partial charge is 0.456 e. The Bertz CT molecular complexity index is 1500. The van der Waals surface area contributed by atoms with Crippen molar-refractivity contribution >= 4 is 29.1 Å². The number of halogens is 2. The van der Waals surface area contributed by atoms with Gasteiger partial charge in [-0.25, -0.2) is 13.9 Å². The van der Waals surface area contributed by atoms with Gasteiger partial charge in [-0.15, -0.1) is 0 Å². The number of carbonyl (C=O) groups is 1. The van der Waals surface area contributed by atoms with E-state index in [1.54, 1.807) is 10.7 Å². The number of pyridine rings is 1. The van der Waals surface area contributed by atoms with E-state index in [1.165, 1.54) is 41.7 Å². The van der Waals surface area contributed by atoms with Crippen molar-refractivity contribution in [1.29, 1.82) is 0 Å². The first kappa shape index (κ1) is 25.7. The highest BCUT2D eigenvalue weighted by Crippen LogP contribution is 2.29. The van der Waals surface area contributed by atoms with Crippen molar-refractivity contribution in [2.75, 3.05) is 17.2 Å². The molecular weight excluding hydrogens is 507 g/mol. The predicted molar refractivity (Wildman–Crippen MR) is 146 cm³/mol. The predicted octanol–water partition coefficient (Wildman–Crippen LogP) is 6.44. The fourth-order valence-electron chi connectivity index (χ4n) is 4.15. The lowest BCUT2D eigenvalue weighted by molar-refractivity contribution is 0.262. The van der Waals surface area contributed by atoms with Crippen LogP contribution in [-0.2, 0) is 18.4 Å². The third-order valence-corrected chi connectivity index (χ3v) is 6.35. The Morgan fingerprint density at radius 2 is 1.89 bits per heavy atom.